The SMILES string of the molecule is NC(=O)C1CCN(C(=O)c2ccc3c(c2)[C@@H]2[C@H]4CC[C@@H](C4)[C@H]2[C@@H](c2ccccc2)N3)CC1. The lowest BCUT2D eigenvalue weighted by Crippen LogP contribution is -2.42. The second kappa shape index (κ2) is 7.65. The van der Waals surface area contributed by atoms with Gasteiger partial charge in [0, 0.05) is 30.3 Å². The van der Waals surface area contributed by atoms with Crippen LogP contribution in [-0.2, 0) is 4.79 Å². The number of hydrogen-bond donors (Lipinski definition) is 2. The van der Waals surface area contributed by atoms with Crippen LogP contribution in [0, 0.1) is 23.7 Å². The Morgan fingerprint density at radius 1 is 0.938 bits per heavy atom. The molecule has 3 fully saturated rings. The molecule has 2 bridgehead atoms. The molecule has 1 saturated heterocycles. The number of anilines is 1. The molecule has 5 heteroatoms. The smallest absolute Gasteiger partial charge is 0.253 e. The van der Waals surface area contributed by atoms with Crippen LogP contribution in [0.1, 0.15) is 65.5 Å². The van der Waals surface area contributed by atoms with E-state index in [1.54, 1.807) is 0 Å². The first-order valence-corrected chi connectivity index (χ1v) is 12.1. The fourth-order valence-corrected chi connectivity index (χ4v) is 7.16. The molecule has 5 atom stereocenters. The standard InChI is InChI=1S/C27H31N3O2/c28-26(31)17-10-12-30(13-11-17)27(32)20-8-9-22-21(15-20)23-18-6-7-19(14-18)24(23)25(29-22)16-4-2-1-3-5-16/h1-5,8-9,15,17-19,23-25,29H,6-7,10-14H2,(H2,28,31)/t18-,19-,23-,24+,25+/m0/s1. The van der Waals surface area contributed by atoms with Crippen molar-refractivity contribution in [1.82, 2.24) is 4.90 Å². The molecule has 2 aromatic carbocycles. The number of carbonyl (C=O) groups excluding carboxylic acids is 2. The average Bonchev–Trinajstić information content (AvgIpc) is 3.46. The maximum atomic E-state index is 13.3. The summed E-state index contributed by atoms with van der Waals surface area (Å²) in [5.41, 5.74) is 10.1. The molecular formula is C27H31N3O2. The fraction of sp³-hybridized carbons (Fsp3) is 0.481. The van der Waals surface area contributed by atoms with Crippen LogP contribution in [0.5, 0.6) is 0 Å². The third kappa shape index (κ3) is 3.13. The van der Waals surface area contributed by atoms with Crippen molar-refractivity contribution >= 4 is 17.5 Å². The molecule has 2 saturated carbocycles. The molecule has 2 aliphatic heterocycles. The number of piperidine rings is 1. The summed E-state index contributed by atoms with van der Waals surface area (Å²) >= 11 is 0. The summed E-state index contributed by atoms with van der Waals surface area (Å²) in [5, 5.41) is 3.86. The Morgan fingerprint density at radius 3 is 2.44 bits per heavy atom. The minimum Gasteiger partial charge on any atom is -0.378 e. The molecule has 0 unspecified atom stereocenters. The number of hydrogen-bond acceptors (Lipinski definition) is 3. The number of benzene rings is 2. The van der Waals surface area contributed by atoms with Gasteiger partial charge in [0.15, 0.2) is 0 Å². The zero-order valence-corrected chi connectivity index (χ0v) is 18.4. The largest absolute Gasteiger partial charge is 0.378 e. The third-order valence-corrected chi connectivity index (χ3v) is 8.68. The summed E-state index contributed by atoms with van der Waals surface area (Å²) in [6.45, 7) is 1.21. The van der Waals surface area contributed by atoms with E-state index >= 15 is 0 Å². The molecule has 2 aromatic rings. The van der Waals surface area contributed by atoms with Gasteiger partial charge in [-0.25, -0.2) is 0 Å². The highest BCUT2D eigenvalue weighted by Crippen LogP contribution is 2.63. The van der Waals surface area contributed by atoms with Gasteiger partial charge in [0.05, 0.1) is 6.04 Å². The average molecular weight is 430 g/mol. The van der Waals surface area contributed by atoms with Crippen LogP contribution in [0.2, 0.25) is 0 Å². The van der Waals surface area contributed by atoms with E-state index in [0.717, 1.165) is 17.4 Å². The first-order valence-electron chi connectivity index (χ1n) is 12.1. The summed E-state index contributed by atoms with van der Waals surface area (Å²) in [6, 6.07) is 17.5. The lowest BCUT2D eigenvalue weighted by Gasteiger charge is -2.43. The lowest BCUT2D eigenvalue weighted by atomic mass is 9.68. The molecule has 5 nitrogen and oxygen atoms in total. The number of likely N-dealkylation sites (tertiary alicyclic amines) is 1. The van der Waals surface area contributed by atoms with Crippen molar-refractivity contribution in [2.45, 2.75) is 44.1 Å². The predicted molar refractivity (Wildman–Crippen MR) is 124 cm³/mol. The van der Waals surface area contributed by atoms with E-state index in [1.807, 2.05) is 11.0 Å². The van der Waals surface area contributed by atoms with Gasteiger partial charge in [0.2, 0.25) is 5.91 Å². The van der Waals surface area contributed by atoms with Crippen LogP contribution in [-0.4, -0.2) is 29.8 Å². The van der Waals surface area contributed by atoms with E-state index < -0.39 is 0 Å². The molecule has 32 heavy (non-hydrogen) atoms. The molecular weight excluding hydrogens is 398 g/mol. The van der Waals surface area contributed by atoms with Crippen LogP contribution in [0.25, 0.3) is 0 Å². The van der Waals surface area contributed by atoms with Crippen LogP contribution in [0.4, 0.5) is 5.69 Å². The molecule has 4 aliphatic rings. The molecule has 3 N–H and O–H groups in total. The zero-order chi connectivity index (χ0) is 21.8. The number of nitrogens with two attached hydrogens (primary N) is 1. The molecule has 166 valence electrons. The maximum Gasteiger partial charge on any atom is 0.253 e. The Kier molecular flexibility index (Phi) is 4.74. The van der Waals surface area contributed by atoms with Crippen LogP contribution in [0.15, 0.2) is 48.5 Å². The van der Waals surface area contributed by atoms with Gasteiger partial charge >= 0.3 is 0 Å². The Balaban J connectivity index is 1.30. The van der Waals surface area contributed by atoms with Gasteiger partial charge in [-0.15, -0.1) is 0 Å². The monoisotopic (exact) mass is 429 g/mol. The summed E-state index contributed by atoms with van der Waals surface area (Å²) in [6.07, 6.45) is 5.30. The van der Waals surface area contributed by atoms with Crippen molar-refractivity contribution in [1.29, 1.82) is 0 Å². The topological polar surface area (TPSA) is 75.4 Å². The zero-order valence-electron chi connectivity index (χ0n) is 18.4. The number of nitrogens with one attached hydrogen (secondary N) is 1. The van der Waals surface area contributed by atoms with E-state index in [-0.39, 0.29) is 17.7 Å². The molecule has 6 rings (SSSR count). The number of nitrogens with zero attached hydrogens (tertiary/aromatic N) is 1. The van der Waals surface area contributed by atoms with Gasteiger partial charge in [-0.3, -0.25) is 9.59 Å². The number of primary amides is 1. The molecule has 2 amide bonds. The van der Waals surface area contributed by atoms with Gasteiger partial charge in [-0.05, 0) is 85.1 Å². The van der Waals surface area contributed by atoms with E-state index in [2.05, 4.69) is 47.8 Å². The number of fused-ring (bicyclic) bond motifs is 7. The predicted octanol–water partition coefficient (Wildman–Crippen LogP) is 4.32. The minimum absolute atomic E-state index is 0.0839. The first kappa shape index (κ1) is 19.8. The molecule has 0 spiro atoms. The van der Waals surface area contributed by atoms with Crippen molar-refractivity contribution in [2.75, 3.05) is 18.4 Å². The molecule has 2 aliphatic carbocycles. The molecule has 0 radical (unpaired) electrons. The van der Waals surface area contributed by atoms with Crippen molar-refractivity contribution in [3.63, 3.8) is 0 Å². The van der Waals surface area contributed by atoms with E-state index in [9.17, 15) is 9.59 Å². The third-order valence-electron chi connectivity index (χ3n) is 8.68. The van der Waals surface area contributed by atoms with Gasteiger partial charge in [-0.2, -0.15) is 0 Å². The van der Waals surface area contributed by atoms with E-state index in [4.69, 9.17) is 5.73 Å². The Labute approximate surface area is 189 Å². The van der Waals surface area contributed by atoms with Gasteiger partial charge in [0.25, 0.3) is 5.91 Å². The number of rotatable bonds is 3. The fourth-order valence-electron chi connectivity index (χ4n) is 7.16. The lowest BCUT2D eigenvalue weighted by molar-refractivity contribution is -0.123. The summed E-state index contributed by atoms with van der Waals surface area (Å²) < 4.78 is 0. The van der Waals surface area contributed by atoms with Crippen LogP contribution < -0.4 is 11.1 Å². The van der Waals surface area contributed by atoms with Crippen molar-refractivity contribution in [3.05, 3.63) is 65.2 Å². The van der Waals surface area contributed by atoms with Crippen LogP contribution >= 0.6 is 0 Å². The molecule has 2 heterocycles. The Hall–Kier alpha value is -2.82. The summed E-state index contributed by atoms with van der Waals surface area (Å²) in [4.78, 5) is 26.7. The van der Waals surface area contributed by atoms with Crippen molar-refractivity contribution in [3.8, 4) is 0 Å². The second-order valence-corrected chi connectivity index (χ2v) is 10.2. The summed E-state index contributed by atoms with van der Waals surface area (Å²) in [7, 11) is 0. The number of amides is 2. The van der Waals surface area contributed by atoms with E-state index in [1.165, 1.54) is 36.1 Å². The highest BCUT2D eigenvalue weighted by Gasteiger charge is 2.53. The van der Waals surface area contributed by atoms with Gasteiger partial charge in [0.1, 0.15) is 0 Å². The minimum atomic E-state index is -0.243. The van der Waals surface area contributed by atoms with Gasteiger partial charge in [-0.1, -0.05) is 30.3 Å². The highest BCUT2D eigenvalue weighted by atomic mass is 16.2. The van der Waals surface area contributed by atoms with Crippen molar-refractivity contribution < 1.29 is 9.59 Å². The maximum absolute atomic E-state index is 13.3. The van der Waals surface area contributed by atoms with E-state index in [0.29, 0.717) is 43.8 Å². The van der Waals surface area contributed by atoms with Crippen LogP contribution in [0.3, 0.4) is 0 Å². The Bertz CT molecular complexity index is 1040. The summed E-state index contributed by atoms with van der Waals surface area (Å²) in [5.74, 6) is 2.37. The normalized spacial score (nSPS) is 31.0. The van der Waals surface area contributed by atoms with Gasteiger partial charge < -0.3 is 16.0 Å². The quantitative estimate of drug-likeness (QED) is 0.763. The first-order chi connectivity index (χ1) is 15.6. The Morgan fingerprint density at radius 2 is 1.69 bits per heavy atom. The highest BCUT2D eigenvalue weighted by molar-refractivity contribution is 5.95. The number of carbonyl (C=O) groups is 2. The molecule has 0 aromatic heterocycles. The van der Waals surface area contributed by atoms with Crippen molar-refractivity contribution in [2.24, 2.45) is 29.4 Å². The second-order valence-electron chi connectivity index (χ2n) is 10.2.